The van der Waals surface area contributed by atoms with Crippen LogP contribution in [-0.2, 0) is 13.0 Å². The van der Waals surface area contributed by atoms with Crippen molar-refractivity contribution in [1.82, 2.24) is 0 Å². The lowest BCUT2D eigenvalue weighted by Gasteiger charge is -2.13. The smallest absolute Gasteiger partial charge is 0.130 e. The molecule has 0 radical (unpaired) electrons. The number of rotatable bonds is 5. The topological polar surface area (TPSA) is 35.2 Å². The van der Waals surface area contributed by atoms with Gasteiger partial charge in [0.25, 0.3) is 0 Å². The van der Waals surface area contributed by atoms with Gasteiger partial charge in [0.1, 0.15) is 29.8 Å². The number of nitrogens with two attached hydrogens (primary N) is 1. The van der Waals surface area contributed by atoms with E-state index in [1.54, 1.807) is 6.92 Å². The molecule has 0 heterocycles. The number of halogens is 3. The Kier molecular flexibility index (Phi) is 4.85. The van der Waals surface area contributed by atoms with Crippen LogP contribution < -0.4 is 10.5 Å². The minimum Gasteiger partial charge on any atom is -0.489 e. The van der Waals surface area contributed by atoms with Crippen LogP contribution in [0.2, 0.25) is 0 Å². The van der Waals surface area contributed by atoms with Crippen LogP contribution in [0.4, 0.5) is 13.2 Å². The van der Waals surface area contributed by atoms with Gasteiger partial charge in [0.05, 0.1) is 0 Å². The quantitative estimate of drug-likeness (QED) is 0.915. The summed E-state index contributed by atoms with van der Waals surface area (Å²) in [5.41, 5.74) is 6.41. The molecule has 0 aliphatic heterocycles. The lowest BCUT2D eigenvalue weighted by molar-refractivity contribution is 0.295. The van der Waals surface area contributed by atoms with Gasteiger partial charge in [-0.25, -0.2) is 13.2 Å². The van der Waals surface area contributed by atoms with Crippen LogP contribution in [0.5, 0.6) is 5.75 Å². The lowest BCUT2D eigenvalue weighted by atomic mass is 10.1. The highest BCUT2D eigenvalue weighted by atomic mass is 19.1. The molecule has 112 valence electrons. The molecule has 0 fully saturated rings. The minimum atomic E-state index is -0.549. The molecule has 2 rings (SSSR count). The molecule has 2 nitrogen and oxygen atoms in total. The number of hydrogen-bond donors (Lipinski definition) is 1. The fourth-order valence-electron chi connectivity index (χ4n) is 2.00. The average molecular weight is 295 g/mol. The summed E-state index contributed by atoms with van der Waals surface area (Å²) < 4.78 is 45.4. The maximum absolute atomic E-state index is 13.5. The zero-order valence-electron chi connectivity index (χ0n) is 11.6. The molecular formula is C16H16F3NO. The van der Waals surface area contributed by atoms with E-state index >= 15 is 0 Å². The van der Waals surface area contributed by atoms with E-state index in [4.69, 9.17) is 10.5 Å². The molecule has 2 aromatic carbocycles. The maximum atomic E-state index is 13.5. The second kappa shape index (κ2) is 6.63. The molecule has 0 amide bonds. The van der Waals surface area contributed by atoms with E-state index in [-0.39, 0.29) is 18.2 Å². The predicted octanol–water partition coefficient (Wildman–Crippen LogP) is 3.57. The van der Waals surface area contributed by atoms with Gasteiger partial charge in [0.2, 0.25) is 0 Å². The molecule has 21 heavy (non-hydrogen) atoms. The fourth-order valence-corrected chi connectivity index (χ4v) is 2.00. The van der Waals surface area contributed by atoms with Gasteiger partial charge in [0.15, 0.2) is 0 Å². The molecule has 0 aromatic heterocycles. The van der Waals surface area contributed by atoms with Crippen molar-refractivity contribution in [3.8, 4) is 5.75 Å². The van der Waals surface area contributed by atoms with Crippen LogP contribution in [0.3, 0.4) is 0 Å². The van der Waals surface area contributed by atoms with E-state index < -0.39 is 17.5 Å². The summed E-state index contributed by atoms with van der Waals surface area (Å²) in [5, 5.41) is 0. The monoisotopic (exact) mass is 295 g/mol. The maximum Gasteiger partial charge on any atom is 0.130 e. The van der Waals surface area contributed by atoms with Gasteiger partial charge in [-0.15, -0.1) is 0 Å². The molecule has 0 aliphatic carbocycles. The van der Waals surface area contributed by atoms with E-state index in [0.717, 1.165) is 18.2 Å². The van der Waals surface area contributed by atoms with Crippen LogP contribution in [0.1, 0.15) is 18.1 Å². The minimum absolute atomic E-state index is 0.103. The summed E-state index contributed by atoms with van der Waals surface area (Å²) in [4.78, 5) is 0. The third-order valence-electron chi connectivity index (χ3n) is 2.96. The van der Waals surface area contributed by atoms with Gasteiger partial charge in [-0.05, 0) is 55.3 Å². The summed E-state index contributed by atoms with van der Waals surface area (Å²) in [6.45, 7) is 1.65. The second-order valence-electron chi connectivity index (χ2n) is 4.96. The second-order valence-corrected chi connectivity index (χ2v) is 4.96. The van der Waals surface area contributed by atoms with E-state index in [1.165, 1.54) is 18.2 Å². The third-order valence-corrected chi connectivity index (χ3v) is 2.96. The fraction of sp³-hybridized carbons (Fsp3) is 0.250. The lowest BCUT2D eigenvalue weighted by Crippen LogP contribution is -2.18. The predicted molar refractivity (Wildman–Crippen MR) is 74.4 cm³/mol. The van der Waals surface area contributed by atoms with Gasteiger partial charge in [-0.3, -0.25) is 0 Å². The largest absolute Gasteiger partial charge is 0.489 e. The van der Waals surface area contributed by atoms with E-state index in [9.17, 15) is 13.2 Å². The van der Waals surface area contributed by atoms with Crippen molar-refractivity contribution >= 4 is 0 Å². The number of hydrogen-bond acceptors (Lipinski definition) is 2. The summed E-state index contributed by atoms with van der Waals surface area (Å²) in [6, 6.07) is 7.04. The van der Waals surface area contributed by atoms with Gasteiger partial charge < -0.3 is 10.5 Å². The Morgan fingerprint density at radius 3 is 2.29 bits per heavy atom. The Morgan fingerprint density at radius 2 is 1.62 bits per heavy atom. The molecule has 0 aliphatic rings. The average Bonchev–Trinajstić information content (AvgIpc) is 2.41. The summed E-state index contributed by atoms with van der Waals surface area (Å²) >= 11 is 0. The molecule has 0 saturated heterocycles. The highest BCUT2D eigenvalue weighted by Crippen LogP contribution is 2.23. The Morgan fingerprint density at radius 1 is 1.00 bits per heavy atom. The van der Waals surface area contributed by atoms with Crippen molar-refractivity contribution in [2.24, 2.45) is 5.73 Å². The SMILES string of the molecule is CC(N)Cc1cc(F)ccc1OCc1cc(F)ccc1F. The van der Waals surface area contributed by atoms with Crippen molar-refractivity contribution in [1.29, 1.82) is 0 Å². The first-order valence-electron chi connectivity index (χ1n) is 6.56. The highest BCUT2D eigenvalue weighted by molar-refractivity contribution is 5.35. The van der Waals surface area contributed by atoms with Gasteiger partial charge in [-0.2, -0.15) is 0 Å². The molecule has 5 heteroatoms. The Hall–Kier alpha value is -2.01. The summed E-state index contributed by atoms with van der Waals surface area (Å²) in [5.74, 6) is -1.07. The van der Waals surface area contributed by atoms with E-state index in [0.29, 0.717) is 17.7 Å². The Bertz CT molecular complexity index is 629. The molecule has 1 unspecified atom stereocenters. The zero-order chi connectivity index (χ0) is 15.4. The molecule has 0 saturated carbocycles. The van der Waals surface area contributed by atoms with Crippen LogP contribution in [0.25, 0.3) is 0 Å². The zero-order valence-corrected chi connectivity index (χ0v) is 11.6. The van der Waals surface area contributed by atoms with Crippen molar-refractivity contribution < 1.29 is 17.9 Å². The highest BCUT2D eigenvalue weighted by Gasteiger charge is 2.10. The molecule has 2 N–H and O–H groups in total. The first-order valence-corrected chi connectivity index (χ1v) is 6.56. The normalized spacial score (nSPS) is 12.2. The van der Waals surface area contributed by atoms with E-state index in [2.05, 4.69) is 0 Å². The standard InChI is InChI=1S/C16H16F3NO/c1-10(20)6-11-7-14(18)3-5-16(11)21-9-12-8-13(17)2-4-15(12)19/h2-5,7-8,10H,6,9,20H2,1H3. The Labute approximate surface area is 121 Å². The first kappa shape index (κ1) is 15.4. The Balaban J connectivity index is 2.17. The molecule has 0 spiro atoms. The van der Waals surface area contributed by atoms with Crippen LogP contribution in [-0.4, -0.2) is 6.04 Å². The van der Waals surface area contributed by atoms with Crippen molar-refractivity contribution in [3.63, 3.8) is 0 Å². The third kappa shape index (κ3) is 4.23. The molecular weight excluding hydrogens is 279 g/mol. The van der Waals surface area contributed by atoms with Crippen molar-refractivity contribution in [3.05, 3.63) is 65.0 Å². The number of ether oxygens (including phenoxy) is 1. The first-order chi connectivity index (χ1) is 9.95. The summed E-state index contributed by atoms with van der Waals surface area (Å²) in [7, 11) is 0. The summed E-state index contributed by atoms with van der Waals surface area (Å²) in [6.07, 6.45) is 0.429. The molecule has 2 aromatic rings. The molecule has 0 bridgehead atoms. The van der Waals surface area contributed by atoms with Crippen molar-refractivity contribution in [2.45, 2.75) is 26.0 Å². The van der Waals surface area contributed by atoms with E-state index in [1.807, 2.05) is 0 Å². The van der Waals surface area contributed by atoms with Crippen LogP contribution >= 0.6 is 0 Å². The number of benzene rings is 2. The van der Waals surface area contributed by atoms with Crippen LogP contribution in [0, 0.1) is 17.5 Å². The molecule has 1 atom stereocenters. The van der Waals surface area contributed by atoms with Gasteiger partial charge >= 0.3 is 0 Å². The van der Waals surface area contributed by atoms with Crippen molar-refractivity contribution in [2.75, 3.05) is 0 Å². The van der Waals surface area contributed by atoms with Crippen LogP contribution in [0.15, 0.2) is 36.4 Å². The van der Waals surface area contributed by atoms with Gasteiger partial charge in [0, 0.05) is 11.6 Å². The van der Waals surface area contributed by atoms with Gasteiger partial charge in [-0.1, -0.05) is 0 Å².